The number of aromatic nitrogens is 1. The van der Waals surface area contributed by atoms with Gasteiger partial charge in [-0.05, 0) is 85.3 Å². The van der Waals surface area contributed by atoms with Gasteiger partial charge in [0.2, 0.25) is 11.8 Å². The Morgan fingerprint density at radius 3 is 2.37 bits per heavy atom. The van der Waals surface area contributed by atoms with Crippen LogP contribution in [0.2, 0.25) is 0 Å². The number of fused-ring (bicyclic) bond motifs is 1. The highest BCUT2D eigenvalue weighted by atomic mass is 16.5. The number of ether oxygens (including phenoxy) is 2. The van der Waals surface area contributed by atoms with E-state index < -0.39 is 0 Å². The van der Waals surface area contributed by atoms with Crippen LogP contribution in [0.5, 0.6) is 11.5 Å². The molecule has 1 aromatic heterocycles. The molecule has 7 rings (SSSR count). The molecule has 268 valence electrons. The Bertz CT molecular complexity index is 2010. The Kier molecular flexibility index (Phi) is 11.0. The number of nitrogens with one attached hydrogen (secondary N) is 1. The second-order valence-electron chi connectivity index (χ2n) is 13.7. The molecule has 2 aliphatic heterocycles. The lowest BCUT2D eigenvalue weighted by Crippen LogP contribution is -2.50. The molecule has 1 unspecified atom stereocenters. The van der Waals surface area contributed by atoms with Gasteiger partial charge in [-0.1, -0.05) is 72.8 Å². The van der Waals surface area contributed by atoms with Crippen LogP contribution in [0.4, 0.5) is 0 Å². The molecule has 9 heteroatoms. The molecule has 1 N–H and O–H groups in total. The van der Waals surface area contributed by atoms with Crippen molar-refractivity contribution in [2.45, 2.75) is 45.1 Å². The van der Waals surface area contributed by atoms with Crippen molar-refractivity contribution in [2.75, 3.05) is 45.9 Å². The molecule has 1 atom stereocenters. The molecule has 2 aliphatic rings. The Hall–Kier alpha value is -5.41. The summed E-state index contributed by atoms with van der Waals surface area (Å²) in [6, 6.07) is 35.0. The van der Waals surface area contributed by atoms with Crippen LogP contribution in [0.15, 0.2) is 103 Å². The van der Waals surface area contributed by atoms with Crippen LogP contribution in [0.25, 0.3) is 22.2 Å². The Balaban J connectivity index is 0.816. The van der Waals surface area contributed by atoms with Gasteiger partial charge in [-0.25, -0.2) is 0 Å². The topological polar surface area (TPSA) is 93.1 Å². The number of benzene rings is 4. The van der Waals surface area contributed by atoms with Crippen molar-refractivity contribution in [3.05, 3.63) is 120 Å². The molecule has 5 aromatic rings. The number of carbonyl (C=O) groups is 3. The Morgan fingerprint density at radius 2 is 1.58 bits per heavy atom. The van der Waals surface area contributed by atoms with Gasteiger partial charge in [0, 0.05) is 50.0 Å². The van der Waals surface area contributed by atoms with Gasteiger partial charge in [-0.15, -0.1) is 0 Å². The van der Waals surface area contributed by atoms with E-state index in [9.17, 15) is 14.4 Å². The number of hydrogen-bond acceptors (Lipinski definition) is 6. The average molecular weight is 699 g/mol. The molecule has 0 radical (unpaired) electrons. The number of para-hydroxylation sites is 1. The quantitative estimate of drug-likeness (QED) is 0.111. The normalized spacial score (nSPS) is 16.6. The maximum absolute atomic E-state index is 12.9. The minimum absolute atomic E-state index is 0.0427. The molecule has 2 saturated heterocycles. The fraction of sp³-hybridized carbons (Fsp3) is 0.326. The molecular formula is C43H46N4O5. The van der Waals surface area contributed by atoms with Crippen molar-refractivity contribution >= 4 is 28.6 Å². The summed E-state index contributed by atoms with van der Waals surface area (Å²) in [4.78, 5) is 40.9. The highest BCUT2D eigenvalue weighted by Gasteiger charge is 2.28. The first-order valence-corrected chi connectivity index (χ1v) is 18.3. The van der Waals surface area contributed by atoms with Crippen LogP contribution in [-0.2, 0) is 20.9 Å². The van der Waals surface area contributed by atoms with Gasteiger partial charge in [0.1, 0.15) is 11.5 Å². The summed E-state index contributed by atoms with van der Waals surface area (Å²) in [6.07, 6.45) is 2.78. The average Bonchev–Trinajstić information content (AvgIpc) is 3.45. The number of carbonyl (C=O) groups excluding carboxylic acids is 3. The smallest absolute Gasteiger partial charge is 0.260 e. The van der Waals surface area contributed by atoms with Gasteiger partial charge in [0.25, 0.3) is 5.91 Å². The summed E-state index contributed by atoms with van der Waals surface area (Å²) >= 11 is 0. The predicted octanol–water partition coefficient (Wildman–Crippen LogP) is 6.57. The zero-order chi connectivity index (χ0) is 35.9. The number of rotatable bonds is 13. The van der Waals surface area contributed by atoms with E-state index in [0.717, 1.165) is 50.3 Å². The van der Waals surface area contributed by atoms with Crippen molar-refractivity contribution in [3.63, 3.8) is 0 Å². The first kappa shape index (κ1) is 35.0. The van der Waals surface area contributed by atoms with Gasteiger partial charge in [-0.3, -0.25) is 24.6 Å². The SMILES string of the molecule is Cc1c(-c2ccccc2)n(Cc2ccc(OCCCCN3CCN(C(=O)COc4cccc(C5CCC(=O)NC5=O)c4)CC3)cc2)c2ccccc12. The lowest BCUT2D eigenvalue weighted by atomic mass is 9.90. The van der Waals surface area contributed by atoms with Crippen LogP contribution >= 0.6 is 0 Å². The molecule has 0 spiro atoms. The number of hydrogen-bond donors (Lipinski definition) is 1. The molecule has 0 aliphatic carbocycles. The first-order valence-electron chi connectivity index (χ1n) is 18.3. The van der Waals surface area contributed by atoms with E-state index in [-0.39, 0.29) is 30.2 Å². The van der Waals surface area contributed by atoms with Crippen molar-refractivity contribution < 1.29 is 23.9 Å². The van der Waals surface area contributed by atoms with Crippen LogP contribution in [0.1, 0.15) is 48.3 Å². The fourth-order valence-electron chi connectivity index (χ4n) is 7.40. The summed E-state index contributed by atoms with van der Waals surface area (Å²) < 4.78 is 14.3. The van der Waals surface area contributed by atoms with E-state index in [0.29, 0.717) is 38.3 Å². The highest BCUT2D eigenvalue weighted by molar-refractivity contribution is 6.01. The fourth-order valence-corrected chi connectivity index (χ4v) is 7.40. The number of piperazine rings is 1. The maximum Gasteiger partial charge on any atom is 0.260 e. The van der Waals surface area contributed by atoms with Crippen molar-refractivity contribution in [1.29, 1.82) is 0 Å². The molecule has 0 saturated carbocycles. The second kappa shape index (κ2) is 16.3. The molecule has 3 heterocycles. The van der Waals surface area contributed by atoms with Crippen molar-refractivity contribution in [1.82, 2.24) is 19.7 Å². The second-order valence-corrected chi connectivity index (χ2v) is 13.7. The van der Waals surface area contributed by atoms with E-state index in [2.05, 4.69) is 101 Å². The number of amides is 3. The molecule has 52 heavy (non-hydrogen) atoms. The Morgan fingerprint density at radius 1 is 0.808 bits per heavy atom. The summed E-state index contributed by atoms with van der Waals surface area (Å²) in [6.45, 7) is 7.61. The van der Waals surface area contributed by atoms with E-state index in [1.807, 2.05) is 17.0 Å². The van der Waals surface area contributed by atoms with Gasteiger partial charge < -0.3 is 18.9 Å². The third kappa shape index (κ3) is 8.21. The lowest BCUT2D eigenvalue weighted by molar-refractivity contribution is -0.136. The maximum atomic E-state index is 12.9. The van der Waals surface area contributed by atoms with Gasteiger partial charge in [-0.2, -0.15) is 0 Å². The molecule has 2 fully saturated rings. The van der Waals surface area contributed by atoms with Crippen LogP contribution in [-0.4, -0.2) is 78.0 Å². The van der Waals surface area contributed by atoms with Gasteiger partial charge in [0.15, 0.2) is 6.61 Å². The minimum atomic E-state index is -0.385. The number of unbranched alkanes of at least 4 members (excludes halogenated alkanes) is 1. The number of piperidine rings is 1. The van der Waals surface area contributed by atoms with E-state index in [4.69, 9.17) is 9.47 Å². The molecule has 3 amide bonds. The highest BCUT2D eigenvalue weighted by Crippen LogP contribution is 2.34. The largest absolute Gasteiger partial charge is 0.494 e. The van der Waals surface area contributed by atoms with Crippen LogP contribution in [0, 0.1) is 6.92 Å². The molecular weight excluding hydrogens is 652 g/mol. The van der Waals surface area contributed by atoms with Crippen LogP contribution < -0.4 is 14.8 Å². The summed E-state index contributed by atoms with van der Waals surface area (Å²) in [7, 11) is 0. The number of nitrogens with zero attached hydrogens (tertiary/aromatic N) is 3. The zero-order valence-electron chi connectivity index (χ0n) is 29.8. The molecule has 4 aromatic carbocycles. The van der Waals surface area contributed by atoms with Crippen molar-refractivity contribution in [3.8, 4) is 22.8 Å². The van der Waals surface area contributed by atoms with Gasteiger partial charge in [0.05, 0.1) is 18.2 Å². The standard InChI is InChI=1S/C43H46N4O5/c1-31-37-14-5-6-15-39(37)47(42(31)33-10-3-2-4-11-33)29-32-16-18-35(19-17-32)51-27-8-7-22-45-23-25-46(26-24-45)41(49)30-52-36-13-9-12-34(28-36)38-20-21-40(48)44-43(38)50/h2-6,9-19,28,38H,7-8,20-27,29-30H2,1H3,(H,44,48,50). The first-order chi connectivity index (χ1) is 25.4. The van der Waals surface area contributed by atoms with E-state index in [1.165, 1.54) is 33.3 Å². The van der Waals surface area contributed by atoms with E-state index in [1.54, 1.807) is 12.1 Å². The third-order valence-corrected chi connectivity index (χ3v) is 10.3. The third-order valence-electron chi connectivity index (χ3n) is 10.3. The summed E-state index contributed by atoms with van der Waals surface area (Å²) in [5, 5.41) is 3.68. The van der Waals surface area contributed by atoms with E-state index >= 15 is 0 Å². The number of imide groups is 1. The summed E-state index contributed by atoms with van der Waals surface area (Å²) in [5.74, 6) is 0.482. The molecule has 9 nitrogen and oxygen atoms in total. The monoisotopic (exact) mass is 698 g/mol. The summed E-state index contributed by atoms with van der Waals surface area (Å²) in [5.41, 5.74) is 7.05. The zero-order valence-corrected chi connectivity index (χ0v) is 29.8. The number of aryl methyl sites for hydroxylation is 1. The Labute approximate surface area is 305 Å². The van der Waals surface area contributed by atoms with Crippen molar-refractivity contribution in [2.24, 2.45) is 0 Å². The van der Waals surface area contributed by atoms with Crippen LogP contribution in [0.3, 0.4) is 0 Å². The molecule has 0 bridgehead atoms. The predicted molar refractivity (Wildman–Crippen MR) is 202 cm³/mol. The minimum Gasteiger partial charge on any atom is -0.494 e. The van der Waals surface area contributed by atoms with Gasteiger partial charge >= 0.3 is 0 Å². The lowest BCUT2D eigenvalue weighted by Gasteiger charge is -2.34.